The van der Waals surface area contributed by atoms with Crippen molar-refractivity contribution >= 4 is 34.8 Å². The second-order valence-electron chi connectivity index (χ2n) is 7.43. The van der Waals surface area contributed by atoms with E-state index >= 15 is 0 Å². The molecular formula is C21H23N5O5. The molecule has 31 heavy (non-hydrogen) atoms. The first-order chi connectivity index (χ1) is 14.7. The van der Waals surface area contributed by atoms with E-state index < -0.39 is 16.9 Å². The van der Waals surface area contributed by atoms with E-state index in [0.29, 0.717) is 30.0 Å². The van der Waals surface area contributed by atoms with Crippen LogP contribution in [0.2, 0.25) is 0 Å². The number of benzene rings is 2. The zero-order chi connectivity index (χ0) is 22.7. The second kappa shape index (κ2) is 8.92. The highest BCUT2D eigenvalue weighted by atomic mass is 16.6. The third-order valence-corrected chi connectivity index (χ3v) is 4.93. The van der Waals surface area contributed by atoms with Gasteiger partial charge in [-0.3, -0.25) is 29.4 Å². The van der Waals surface area contributed by atoms with Crippen molar-refractivity contribution in [1.82, 2.24) is 5.32 Å². The van der Waals surface area contributed by atoms with Crippen LogP contribution in [0, 0.1) is 16.0 Å². The van der Waals surface area contributed by atoms with Crippen molar-refractivity contribution < 1.29 is 19.3 Å². The third-order valence-electron chi connectivity index (χ3n) is 4.93. The zero-order valence-corrected chi connectivity index (χ0v) is 17.1. The first-order valence-electron chi connectivity index (χ1n) is 9.75. The molecule has 10 heteroatoms. The van der Waals surface area contributed by atoms with Gasteiger partial charge in [-0.25, -0.2) is 0 Å². The number of carbonyl (C=O) groups is 3. The number of fused-ring (bicyclic) bond motifs is 1. The van der Waals surface area contributed by atoms with Crippen LogP contribution in [0.15, 0.2) is 42.5 Å². The Kier molecular flexibility index (Phi) is 6.30. The zero-order valence-electron chi connectivity index (χ0n) is 17.1. The monoisotopic (exact) mass is 425 g/mol. The average Bonchev–Trinajstić information content (AvgIpc) is 2.75. The fraction of sp³-hybridized carbons (Fsp3) is 0.286. The van der Waals surface area contributed by atoms with Crippen LogP contribution in [0.3, 0.4) is 0 Å². The van der Waals surface area contributed by atoms with Crippen molar-refractivity contribution in [3.8, 4) is 0 Å². The molecule has 0 fully saturated rings. The van der Waals surface area contributed by atoms with Crippen molar-refractivity contribution in [1.29, 1.82) is 0 Å². The number of nitrogens with zero attached hydrogens (tertiary/aromatic N) is 2. The lowest BCUT2D eigenvalue weighted by Gasteiger charge is -2.38. The van der Waals surface area contributed by atoms with Gasteiger partial charge in [0, 0.05) is 36.3 Å². The second-order valence-corrected chi connectivity index (χ2v) is 7.43. The van der Waals surface area contributed by atoms with Crippen LogP contribution in [0.1, 0.15) is 34.6 Å². The maximum Gasteiger partial charge on any atom is 0.269 e. The Balaban J connectivity index is 2.02. The molecule has 1 aliphatic rings. The van der Waals surface area contributed by atoms with Crippen molar-refractivity contribution in [2.45, 2.75) is 19.9 Å². The van der Waals surface area contributed by atoms with Crippen molar-refractivity contribution in [2.24, 2.45) is 11.7 Å². The van der Waals surface area contributed by atoms with Crippen molar-refractivity contribution in [2.75, 3.05) is 23.3 Å². The Bertz CT molecular complexity index is 1030. The molecule has 0 bridgehead atoms. The summed E-state index contributed by atoms with van der Waals surface area (Å²) in [4.78, 5) is 50.2. The summed E-state index contributed by atoms with van der Waals surface area (Å²) in [5, 5.41) is 16.3. The Hall–Kier alpha value is -3.79. The molecule has 2 aromatic carbocycles. The molecule has 0 saturated carbocycles. The van der Waals surface area contributed by atoms with E-state index in [9.17, 15) is 24.5 Å². The van der Waals surface area contributed by atoms with Gasteiger partial charge in [0.2, 0.25) is 5.91 Å². The molecule has 0 radical (unpaired) electrons. The molecule has 10 nitrogen and oxygen atoms in total. The molecule has 2 aromatic rings. The number of rotatable bonds is 6. The molecule has 3 rings (SSSR count). The Labute approximate surface area is 178 Å². The van der Waals surface area contributed by atoms with Crippen LogP contribution >= 0.6 is 0 Å². The first-order valence-corrected chi connectivity index (χ1v) is 9.75. The highest BCUT2D eigenvalue weighted by Gasteiger charge is 2.39. The number of hydrogen-bond donors (Lipinski definition) is 3. The Morgan fingerprint density at radius 3 is 2.42 bits per heavy atom. The molecule has 1 aliphatic heterocycles. The third kappa shape index (κ3) is 4.38. The van der Waals surface area contributed by atoms with Crippen LogP contribution in [-0.4, -0.2) is 41.8 Å². The van der Waals surface area contributed by atoms with Crippen LogP contribution < -0.4 is 21.3 Å². The fourth-order valence-electron chi connectivity index (χ4n) is 3.45. The normalized spacial score (nSPS) is 15.3. The highest BCUT2D eigenvalue weighted by Crippen LogP contribution is 2.36. The largest absolute Gasteiger partial charge is 0.351 e. The summed E-state index contributed by atoms with van der Waals surface area (Å²) in [5.41, 5.74) is 6.57. The lowest BCUT2D eigenvalue weighted by molar-refractivity contribution is -0.384. The van der Waals surface area contributed by atoms with Crippen LogP contribution in [0.5, 0.6) is 0 Å². The van der Waals surface area contributed by atoms with Crippen molar-refractivity contribution in [3.05, 3.63) is 63.7 Å². The van der Waals surface area contributed by atoms with Gasteiger partial charge in [0.05, 0.1) is 16.3 Å². The highest BCUT2D eigenvalue weighted by molar-refractivity contribution is 6.17. The molecule has 0 aromatic heterocycles. The van der Waals surface area contributed by atoms with E-state index in [-0.39, 0.29) is 29.0 Å². The van der Waals surface area contributed by atoms with Crippen molar-refractivity contribution in [3.63, 3.8) is 0 Å². The van der Waals surface area contributed by atoms with E-state index in [1.54, 1.807) is 12.1 Å². The number of carbonyl (C=O) groups excluding carboxylic acids is 3. The van der Waals surface area contributed by atoms with Gasteiger partial charge in [0.15, 0.2) is 0 Å². The maximum atomic E-state index is 13.3. The molecule has 4 N–H and O–H groups in total. The summed E-state index contributed by atoms with van der Waals surface area (Å²) in [5.74, 6) is -1.40. The van der Waals surface area contributed by atoms with Gasteiger partial charge < -0.3 is 16.4 Å². The first kappa shape index (κ1) is 21.9. The molecule has 1 heterocycles. The number of nitro benzene ring substituents is 1. The van der Waals surface area contributed by atoms with Gasteiger partial charge in [0.1, 0.15) is 6.04 Å². The molecule has 3 amide bonds. The number of nitrogens with two attached hydrogens (primary N) is 1. The SMILES string of the molecule is CC(C)C1C(=O)Nc2cc(C(=O)NCCN)ccc2N1C(=O)c1ccc([N+](=O)[O-])cc1. The summed E-state index contributed by atoms with van der Waals surface area (Å²) < 4.78 is 0. The van der Waals surface area contributed by atoms with Gasteiger partial charge in [-0.1, -0.05) is 13.8 Å². The number of nitrogens with one attached hydrogen (secondary N) is 2. The lowest BCUT2D eigenvalue weighted by Crippen LogP contribution is -2.53. The van der Waals surface area contributed by atoms with E-state index in [2.05, 4.69) is 10.6 Å². The van der Waals surface area contributed by atoms with Crippen LogP contribution in [0.25, 0.3) is 0 Å². The minimum atomic E-state index is -0.785. The summed E-state index contributed by atoms with van der Waals surface area (Å²) in [6.07, 6.45) is 0. The van der Waals surface area contributed by atoms with Crippen LogP contribution in [0.4, 0.5) is 17.1 Å². The molecule has 1 atom stereocenters. The number of hydrogen-bond acceptors (Lipinski definition) is 6. The van der Waals surface area contributed by atoms with E-state index in [1.807, 2.05) is 13.8 Å². The van der Waals surface area contributed by atoms with Gasteiger partial charge in [-0.2, -0.15) is 0 Å². The molecule has 1 unspecified atom stereocenters. The van der Waals surface area contributed by atoms with E-state index in [1.165, 1.54) is 35.2 Å². The Morgan fingerprint density at radius 1 is 1.19 bits per heavy atom. The fourth-order valence-corrected chi connectivity index (χ4v) is 3.45. The van der Waals surface area contributed by atoms with Crippen LogP contribution in [-0.2, 0) is 4.79 Å². The molecule has 0 spiro atoms. The molecule has 0 saturated heterocycles. The standard InChI is InChI=1S/C21H23N5O5/c1-12(2)18-20(28)24-16-11-14(19(27)23-10-9-22)5-8-17(16)25(18)21(29)13-3-6-15(7-4-13)26(30)31/h3-8,11-12,18H,9-10,22H2,1-2H3,(H,23,27)(H,24,28). The summed E-state index contributed by atoms with van der Waals surface area (Å²) in [6, 6.07) is 9.09. The number of anilines is 2. The number of nitro groups is 1. The number of non-ortho nitro benzene ring substituents is 1. The summed E-state index contributed by atoms with van der Waals surface area (Å²) in [7, 11) is 0. The summed E-state index contributed by atoms with van der Waals surface area (Å²) in [6.45, 7) is 4.24. The number of amides is 3. The quantitative estimate of drug-likeness (QED) is 0.476. The maximum absolute atomic E-state index is 13.3. The van der Waals surface area contributed by atoms with E-state index in [0.717, 1.165) is 0 Å². The minimum Gasteiger partial charge on any atom is -0.351 e. The summed E-state index contributed by atoms with van der Waals surface area (Å²) >= 11 is 0. The van der Waals surface area contributed by atoms with Gasteiger partial charge in [-0.15, -0.1) is 0 Å². The van der Waals surface area contributed by atoms with Gasteiger partial charge in [0.25, 0.3) is 17.5 Å². The Morgan fingerprint density at radius 2 is 1.84 bits per heavy atom. The lowest BCUT2D eigenvalue weighted by atomic mass is 9.95. The molecule has 162 valence electrons. The molecule has 0 aliphatic carbocycles. The van der Waals surface area contributed by atoms with E-state index in [4.69, 9.17) is 5.73 Å². The molecular weight excluding hydrogens is 402 g/mol. The minimum absolute atomic E-state index is 0.137. The predicted molar refractivity (Wildman–Crippen MR) is 115 cm³/mol. The predicted octanol–water partition coefficient (Wildman–Crippen LogP) is 1.91. The van der Waals surface area contributed by atoms with Gasteiger partial charge >= 0.3 is 0 Å². The average molecular weight is 425 g/mol. The topological polar surface area (TPSA) is 148 Å². The smallest absolute Gasteiger partial charge is 0.269 e. The van der Waals surface area contributed by atoms with Gasteiger partial charge in [-0.05, 0) is 36.2 Å².